The molecule has 4 rings (SSSR count). The van der Waals surface area contributed by atoms with Crippen LogP contribution in [0, 0.1) is 5.41 Å². The monoisotopic (exact) mass is 403 g/mol. The average Bonchev–Trinajstić information content (AvgIpc) is 3.23. The third kappa shape index (κ3) is 3.89. The Bertz CT molecular complexity index is 1060. The summed E-state index contributed by atoms with van der Waals surface area (Å²) in [6.07, 6.45) is 1.89. The van der Waals surface area contributed by atoms with Gasteiger partial charge >= 0.3 is 0 Å². The summed E-state index contributed by atoms with van der Waals surface area (Å²) in [6, 6.07) is 22.9. The lowest BCUT2D eigenvalue weighted by molar-refractivity contribution is 0.0736. The normalized spacial score (nSPS) is 16.0. The van der Waals surface area contributed by atoms with Crippen molar-refractivity contribution < 1.29 is 4.79 Å². The number of likely N-dealkylation sites (tertiary alicyclic amines) is 1. The number of nitrogen functional groups attached to an aromatic ring is 1. The molecule has 0 spiro atoms. The van der Waals surface area contributed by atoms with E-state index in [2.05, 4.69) is 0 Å². The highest BCUT2D eigenvalue weighted by Gasteiger charge is 2.31. The summed E-state index contributed by atoms with van der Waals surface area (Å²) in [7, 11) is 0. The second-order valence-corrected chi connectivity index (χ2v) is 7.66. The highest BCUT2D eigenvalue weighted by Crippen LogP contribution is 2.36. The van der Waals surface area contributed by atoms with Crippen molar-refractivity contribution in [3.05, 3.63) is 94.5 Å². The van der Waals surface area contributed by atoms with Gasteiger partial charge in [0, 0.05) is 22.7 Å². The minimum atomic E-state index is 0.0168. The Labute approximate surface area is 175 Å². The Balaban J connectivity index is 1.57. The van der Waals surface area contributed by atoms with E-state index in [0.29, 0.717) is 16.1 Å². The van der Waals surface area contributed by atoms with Crippen LogP contribution in [0.5, 0.6) is 0 Å². The van der Waals surface area contributed by atoms with E-state index in [9.17, 15) is 4.79 Å². The molecular formula is C24H22ClN3O. The summed E-state index contributed by atoms with van der Waals surface area (Å²) >= 11 is 6.38. The van der Waals surface area contributed by atoms with Crippen LogP contribution in [-0.2, 0) is 0 Å². The topological polar surface area (TPSA) is 70.2 Å². The van der Waals surface area contributed by atoms with Crippen LogP contribution in [0.25, 0.3) is 11.1 Å². The maximum Gasteiger partial charge on any atom is 0.254 e. The van der Waals surface area contributed by atoms with Gasteiger partial charge in [-0.3, -0.25) is 10.2 Å². The van der Waals surface area contributed by atoms with E-state index in [1.165, 1.54) is 0 Å². The highest BCUT2D eigenvalue weighted by atomic mass is 35.5. The number of benzene rings is 3. The molecule has 0 aliphatic carbocycles. The van der Waals surface area contributed by atoms with Gasteiger partial charge in [0.15, 0.2) is 0 Å². The van der Waals surface area contributed by atoms with Gasteiger partial charge < -0.3 is 10.6 Å². The van der Waals surface area contributed by atoms with Crippen molar-refractivity contribution in [3.63, 3.8) is 0 Å². The Hall–Kier alpha value is -3.11. The minimum Gasteiger partial charge on any atom is -0.384 e. The van der Waals surface area contributed by atoms with Gasteiger partial charge in [-0.15, -0.1) is 0 Å². The van der Waals surface area contributed by atoms with E-state index >= 15 is 0 Å². The van der Waals surface area contributed by atoms with Gasteiger partial charge in [0.25, 0.3) is 5.91 Å². The molecular weight excluding hydrogens is 382 g/mol. The standard InChI is InChI=1S/C24H22ClN3O/c25-21-8-2-1-7-20(21)22-9-4-14-28(22)24(29)17-12-10-16(11-13-17)18-5-3-6-19(15-18)23(26)27/h1-3,5-8,10-13,15,22H,4,9,14H2,(H3,26,27)/t22-/m1/s1. The molecule has 1 aliphatic heterocycles. The number of nitrogens with two attached hydrogens (primary N) is 1. The predicted octanol–water partition coefficient (Wildman–Crippen LogP) is 5.27. The summed E-state index contributed by atoms with van der Waals surface area (Å²) in [5.41, 5.74) is 9.89. The number of hydrogen-bond acceptors (Lipinski definition) is 2. The molecule has 1 aliphatic rings. The van der Waals surface area contributed by atoms with Crippen molar-refractivity contribution in [2.45, 2.75) is 18.9 Å². The highest BCUT2D eigenvalue weighted by molar-refractivity contribution is 6.31. The van der Waals surface area contributed by atoms with E-state index in [0.717, 1.165) is 36.1 Å². The van der Waals surface area contributed by atoms with Crippen molar-refractivity contribution >= 4 is 23.3 Å². The van der Waals surface area contributed by atoms with E-state index in [1.807, 2.05) is 77.7 Å². The molecule has 0 aromatic heterocycles. The molecule has 0 saturated carbocycles. The van der Waals surface area contributed by atoms with Crippen molar-refractivity contribution in [2.75, 3.05) is 6.54 Å². The third-order valence-electron chi connectivity index (χ3n) is 5.42. The molecule has 4 nitrogen and oxygen atoms in total. The largest absolute Gasteiger partial charge is 0.384 e. The number of halogens is 1. The molecule has 1 heterocycles. The first-order chi connectivity index (χ1) is 14.0. The van der Waals surface area contributed by atoms with Gasteiger partial charge in [-0.05, 0) is 53.8 Å². The smallest absolute Gasteiger partial charge is 0.254 e. The van der Waals surface area contributed by atoms with Gasteiger partial charge in [0.2, 0.25) is 0 Å². The molecule has 146 valence electrons. The number of amidine groups is 1. The lowest BCUT2D eigenvalue weighted by Gasteiger charge is -2.26. The molecule has 5 heteroatoms. The zero-order valence-electron chi connectivity index (χ0n) is 15.9. The summed E-state index contributed by atoms with van der Waals surface area (Å²) in [5, 5.41) is 8.31. The lowest BCUT2D eigenvalue weighted by atomic mass is 10.0. The van der Waals surface area contributed by atoms with E-state index in [1.54, 1.807) is 0 Å². The van der Waals surface area contributed by atoms with Crippen LogP contribution in [-0.4, -0.2) is 23.2 Å². The van der Waals surface area contributed by atoms with Crippen LogP contribution in [0.1, 0.15) is 40.4 Å². The number of carbonyl (C=O) groups excluding carboxylic acids is 1. The van der Waals surface area contributed by atoms with Crippen LogP contribution < -0.4 is 5.73 Å². The number of amides is 1. The number of nitrogens with one attached hydrogen (secondary N) is 1. The van der Waals surface area contributed by atoms with Gasteiger partial charge in [-0.25, -0.2) is 0 Å². The Kier molecular flexibility index (Phi) is 5.36. The zero-order chi connectivity index (χ0) is 20.4. The van der Waals surface area contributed by atoms with Crippen LogP contribution in [0.2, 0.25) is 5.02 Å². The van der Waals surface area contributed by atoms with Crippen LogP contribution in [0.3, 0.4) is 0 Å². The predicted molar refractivity (Wildman–Crippen MR) is 117 cm³/mol. The summed E-state index contributed by atoms with van der Waals surface area (Å²) in [6.45, 7) is 0.733. The zero-order valence-corrected chi connectivity index (χ0v) is 16.7. The molecule has 1 atom stereocenters. The van der Waals surface area contributed by atoms with Crippen molar-refractivity contribution in [1.82, 2.24) is 4.90 Å². The Morgan fingerprint density at radius 2 is 1.72 bits per heavy atom. The van der Waals surface area contributed by atoms with Crippen molar-refractivity contribution in [3.8, 4) is 11.1 Å². The molecule has 0 bridgehead atoms. The quantitative estimate of drug-likeness (QED) is 0.460. The minimum absolute atomic E-state index is 0.0168. The molecule has 3 aromatic carbocycles. The fourth-order valence-corrected chi connectivity index (χ4v) is 4.18. The second kappa shape index (κ2) is 8.10. The van der Waals surface area contributed by atoms with E-state index in [4.69, 9.17) is 22.7 Å². The molecule has 1 fully saturated rings. The number of hydrogen-bond donors (Lipinski definition) is 2. The average molecular weight is 404 g/mol. The lowest BCUT2D eigenvalue weighted by Crippen LogP contribution is -2.30. The molecule has 1 saturated heterocycles. The molecule has 1 amide bonds. The number of carbonyl (C=O) groups is 1. The van der Waals surface area contributed by atoms with Gasteiger partial charge in [-0.2, -0.15) is 0 Å². The summed E-state index contributed by atoms with van der Waals surface area (Å²) < 4.78 is 0. The van der Waals surface area contributed by atoms with Crippen LogP contribution in [0.4, 0.5) is 0 Å². The maximum atomic E-state index is 13.2. The fourth-order valence-electron chi connectivity index (χ4n) is 3.92. The number of nitrogens with zero attached hydrogens (tertiary/aromatic N) is 1. The Morgan fingerprint density at radius 1 is 0.966 bits per heavy atom. The number of rotatable bonds is 4. The third-order valence-corrected chi connectivity index (χ3v) is 5.76. The molecule has 29 heavy (non-hydrogen) atoms. The summed E-state index contributed by atoms with van der Waals surface area (Å²) in [5.74, 6) is 0.0646. The molecule has 3 N–H and O–H groups in total. The Morgan fingerprint density at radius 3 is 2.45 bits per heavy atom. The molecule has 3 aromatic rings. The van der Waals surface area contributed by atoms with E-state index in [-0.39, 0.29) is 17.8 Å². The van der Waals surface area contributed by atoms with Crippen LogP contribution in [0.15, 0.2) is 72.8 Å². The fraction of sp³-hybridized carbons (Fsp3) is 0.167. The summed E-state index contributed by atoms with van der Waals surface area (Å²) in [4.78, 5) is 15.1. The van der Waals surface area contributed by atoms with E-state index < -0.39 is 0 Å². The first kappa shape index (κ1) is 19.2. The van der Waals surface area contributed by atoms with Crippen molar-refractivity contribution in [2.24, 2.45) is 5.73 Å². The van der Waals surface area contributed by atoms with Gasteiger partial charge in [0.05, 0.1) is 6.04 Å². The van der Waals surface area contributed by atoms with Gasteiger partial charge in [0.1, 0.15) is 5.84 Å². The first-order valence-electron chi connectivity index (χ1n) is 9.65. The maximum absolute atomic E-state index is 13.2. The first-order valence-corrected chi connectivity index (χ1v) is 10.0. The molecule has 0 unspecified atom stereocenters. The second-order valence-electron chi connectivity index (χ2n) is 7.25. The molecule has 0 radical (unpaired) electrons. The van der Waals surface area contributed by atoms with Crippen molar-refractivity contribution in [1.29, 1.82) is 5.41 Å². The van der Waals surface area contributed by atoms with Gasteiger partial charge in [-0.1, -0.05) is 60.1 Å². The SMILES string of the molecule is N=C(N)c1cccc(-c2ccc(C(=O)N3CCC[C@@H]3c3ccccc3Cl)cc2)c1. The van der Waals surface area contributed by atoms with Crippen LogP contribution >= 0.6 is 11.6 Å².